The van der Waals surface area contributed by atoms with Crippen LogP contribution in [-0.4, -0.2) is 39.2 Å². The maximum atomic E-state index is 12.7. The Kier molecular flexibility index (Phi) is 5.42. The van der Waals surface area contributed by atoms with Gasteiger partial charge in [0.1, 0.15) is 0 Å². The Morgan fingerprint density at radius 1 is 1.21 bits per heavy atom. The second kappa shape index (κ2) is 7.63. The number of hydrogen-bond acceptors (Lipinski definition) is 5. The van der Waals surface area contributed by atoms with Gasteiger partial charge < -0.3 is 10.1 Å². The zero-order valence-electron chi connectivity index (χ0n) is 15.9. The van der Waals surface area contributed by atoms with E-state index in [0.717, 1.165) is 5.56 Å². The SMILES string of the molecule is CCS(=O)(=O)N1c2ccc(C(=O)Nc3ccccc3C(=O)OC)cc2C[C@@H]1C. The summed E-state index contributed by atoms with van der Waals surface area (Å²) in [6, 6.07) is 11.3. The molecule has 0 aromatic heterocycles. The molecule has 1 aliphatic rings. The van der Waals surface area contributed by atoms with Crippen LogP contribution < -0.4 is 9.62 Å². The van der Waals surface area contributed by atoms with E-state index in [0.29, 0.717) is 23.4 Å². The number of ether oxygens (including phenoxy) is 1. The Labute approximate surface area is 164 Å². The molecule has 0 unspecified atom stereocenters. The van der Waals surface area contributed by atoms with E-state index in [9.17, 15) is 18.0 Å². The van der Waals surface area contributed by atoms with Crippen molar-refractivity contribution in [3.63, 3.8) is 0 Å². The zero-order valence-corrected chi connectivity index (χ0v) is 16.7. The molecule has 1 heterocycles. The quantitative estimate of drug-likeness (QED) is 0.777. The highest BCUT2D eigenvalue weighted by atomic mass is 32.2. The molecule has 2 aromatic rings. The summed E-state index contributed by atoms with van der Waals surface area (Å²) in [7, 11) is -2.10. The zero-order chi connectivity index (χ0) is 20.5. The third-order valence-corrected chi connectivity index (χ3v) is 6.63. The normalized spacial score (nSPS) is 15.8. The molecule has 0 saturated heterocycles. The van der Waals surface area contributed by atoms with Crippen LogP contribution >= 0.6 is 0 Å². The maximum Gasteiger partial charge on any atom is 0.339 e. The maximum absolute atomic E-state index is 12.7. The van der Waals surface area contributed by atoms with Gasteiger partial charge in [-0.05, 0) is 56.2 Å². The second-order valence-corrected chi connectivity index (χ2v) is 8.72. The minimum absolute atomic E-state index is 0.0172. The van der Waals surface area contributed by atoms with Gasteiger partial charge in [0, 0.05) is 11.6 Å². The number of nitrogens with zero attached hydrogens (tertiary/aromatic N) is 1. The van der Waals surface area contributed by atoms with Crippen molar-refractivity contribution in [2.45, 2.75) is 26.3 Å². The van der Waals surface area contributed by atoms with Gasteiger partial charge in [0.05, 0.1) is 29.8 Å². The van der Waals surface area contributed by atoms with Gasteiger partial charge in [-0.15, -0.1) is 0 Å². The fraction of sp³-hybridized carbons (Fsp3) is 0.300. The average Bonchev–Trinajstić information content (AvgIpc) is 3.03. The summed E-state index contributed by atoms with van der Waals surface area (Å²) in [5, 5.41) is 2.73. The average molecular weight is 402 g/mol. The van der Waals surface area contributed by atoms with Crippen LogP contribution in [0.3, 0.4) is 0 Å². The van der Waals surface area contributed by atoms with E-state index in [1.807, 2.05) is 6.92 Å². The number of anilines is 2. The van der Waals surface area contributed by atoms with Gasteiger partial charge in [-0.1, -0.05) is 12.1 Å². The Morgan fingerprint density at radius 3 is 2.61 bits per heavy atom. The van der Waals surface area contributed by atoms with Gasteiger partial charge in [-0.25, -0.2) is 13.2 Å². The highest BCUT2D eigenvalue weighted by Crippen LogP contribution is 2.35. The van der Waals surface area contributed by atoms with E-state index in [-0.39, 0.29) is 23.3 Å². The summed E-state index contributed by atoms with van der Waals surface area (Å²) >= 11 is 0. The third kappa shape index (κ3) is 3.60. The van der Waals surface area contributed by atoms with Crippen molar-refractivity contribution < 1.29 is 22.7 Å². The molecule has 8 heteroatoms. The number of benzene rings is 2. The largest absolute Gasteiger partial charge is 0.465 e. The van der Waals surface area contributed by atoms with E-state index in [2.05, 4.69) is 5.32 Å². The molecule has 0 bridgehead atoms. The van der Waals surface area contributed by atoms with Crippen molar-refractivity contribution in [3.05, 3.63) is 59.2 Å². The molecule has 7 nitrogen and oxygen atoms in total. The Morgan fingerprint density at radius 2 is 1.93 bits per heavy atom. The van der Waals surface area contributed by atoms with E-state index in [1.54, 1.807) is 49.4 Å². The van der Waals surface area contributed by atoms with Gasteiger partial charge in [0.15, 0.2) is 0 Å². The van der Waals surface area contributed by atoms with Crippen LogP contribution in [0.1, 0.15) is 40.1 Å². The number of para-hydroxylation sites is 1. The fourth-order valence-corrected chi connectivity index (χ4v) is 4.76. The lowest BCUT2D eigenvalue weighted by Crippen LogP contribution is -2.36. The number of amides is 1. The predicted molar refractivity (Wildman–Crippen MR) is 107 cm³/mol. The predicted octanol–water partition coefficient (Wildman–Crippen LogP) is 2.83. The first-order valence-electron chi connectivity index (χ1n) is 8.92. The van der Waals surface area contributed by atoms with E-state index >= 15 is 0 Å². The Balaban J connectivity index is 1.89. The monoisotopic (exact) mass is 402 g/mol. The lowest BCUT2D eigenvalue weighted by atomic mass is 10.1. The first-order valence-corrected chi connectivity index (χ1v) is 10.5. The van der Waals surface area contributed by atoms with Gasteiger partial charge in [0.25, 0.3) is 5.91 Å². The van der Waals surface area contributed by atoms with Crippen LogP contribution in [0, 0.1) is 0 Å². The van der Waals surface area contributed by atoms with Crippen LogP contribution in [0.4, 0.5) is 11.4 Å². The molecule has 0 radical (unpaired) electrons. The smallest absolute Gasteiger partial charge is 0.339 e. The van der Waals surface area contributed by atoms with Crippen LogP contribution in [-0.2, 0) is 21.2 Å². The molecule has 28 heavy (non-hydrogen) atoms. The number of methoxy groups -OCH3 is 1. The first kappa shape index (κ1) is 19.9. The number of fused-ring (bicyclic) bond motifs is 1. The van der Waals surface area contributed by atoms with Crippen molar-refractivity contribution in [1.29, 1.82) is 0 Å². The highest BCUT2D eigenvalue weighted by Gasteiger charge is 2.34. The molecule has 1 N–H and O–H groups in total. The van der Waals surface area contributed by atoms with Crippen molar-refractivity contribution >= 4 is 33.3 Å². The van der Waals surface area contributed by atoms with Crippen molar-refractivity contribution in [1.82, 2.24) is 0 Å². The molecule has 2 aromatic carbocycles. The molecule has 0 spiro atoms. The first-order chi connectivity index (χ1) is 13.3. The Bertz CT molecular complexity index is 1030. The molecule has 3 rings (SSSR count). The molecule has 148 valence electrons. The van der Waals surface area contributed by atoms with E-state index < -0.39 is 16.0 Å². The van der Waals surface area contributed by atoms with Crippen molar-refractivity contribution in [3.8, 4) is 0 Å². The summed E-state index contributed by atoms with van der Waals surface area (Å²) in [4.78, 5) is 24.6. The molecule has 0 saturated carbocycles. The lowest BCUT2D eigenvalue weighted by Gasteiger charge is -2.23. The summed E-state index contributed by atoms with van der Waals surface area (Å²) in [6.07, 6.45) is 0.536. The molecular formula is C20H22N2O5S. The molecular weight excluding hydrogens is 380 g/mol. The minimum Gasteiger partial charge on any atom is -0.465 e. The van der Waals surface area contributed by atoms with Crippen molar-refractivity contribution in [2.75, 3.05) is 22.5 Å². The summed E-state index contributed by atoms with van der Waals surface area (Å²) in [5.41, 5.74) is 2.41. The van der Waals surface area contributed by atoms with E-state index in [1.165, 1.54) is 11.4 Å². The van der Waals surface area contributed by atoms with Crippen molar-refractivity contribution in [2.24, 2.45) is 0 Å². The molecule has 0 fully saturated rings. The molecule has 1 amide bonds. The summed E-state index contributed by atoms with van der Waals surface area (Å²) < 4.78 is 30.9. The van der Waals surface area contributed by atoms with Crippen LogP contribution in [0.5, 0.6) is 0 Å². The number of esters is 1. The number of sulfonamides is 1. The van der Waals surface area contributed by atoms with Gasteiger partial charge >= 0.3 is 5.97 Å². The third-order valence-electron chi connectivity index (χ3n) is 4.74. The molecule has 1 atom stereocenters. The minimum atomic E-state index is -3.38. The summed E-state index contributed by atoms with van der Waals surface area (Å²) in [6.45, 7) is 3.46. The van der Waals surface area contributed by atoms with Gasteiger partial charge in [-0.2, -0.15) is 0 Å². The van der Waals surface area contributed by atoms with Crippen LogP contribution in [0.25, 0.3) is 0 Å². The van der Waals surface area contributed by atoms with Gasteiger partial charge in [-0.3, -0.25) is 9.10 Å². The topological polar surface area (TPSA) is 92.8 Å². The molecule has 0 aliphatic carbocycles. The second-order valence-electron chi connectivity index (χ2n) is 6.58. The summed E-state index contributed by atoms with van der Waals surface area (Å²) in [5.74, 6) is -0.911. The highest BCUT2D eigenvalue weighted by molar-refractivity contribution is 7.92. The van der Waals surface area contributed by atoms with Gasteiger partial charge in [0.2, 0.25) is 10.0 Å². The number of carbonyl (C=O) groups excluding carboxylic acids is 2. The number of nitrogens with one attached hydrogen (secondary N) is 1. The van der Waals surface area contributed by atoms with Crippen LogP contribution in [0.2, 0.25) is 0 Å². The molecule has 1 aliphatic heterocycles. The number of hydrogen-bond donors (Lipinski definition) is 1. The standard InChI is InChI=1S/C20H22N2O5S/c1-4-28(25,26)22-13(2)11-15-12-14(9-10-18(15)22)19(23)21-17-8-6-5-7-16(17)20(24)27-3/h5-10,12-13H,4,11H2,1-3H3,(H,21,23)/t13-/m0/s1. The number of carbonyl (C=O) groups is 2. The lowest BCUT2D eigenvalue weighted by molar-refractivity contribution is 0.0602. The fourth-order valence-electron chi connectivity index (χ4n) is 3.38. The van der Waals surface area contributed by atoms with Crippen LogP contribution in [0.15, 0.2) is 42.5 Å². The number of rotatable bonds is 5. The Hall–Kier alpha value is -2.87. The van der Waals surface area contributed by atoms with E-state index in [4.69, 9.17) is 4.74 Å².